The van der Waals surface area contributed by atoms with Crippen molar-refractivity contribution in [1.29, 1.82) is 0 Å². The van der Waals surface area contributed by atoms with Crippen molar-refractivity contribution in [3.05, 3.63) is 17.6 Å². The molecule has 1 amide bonds. The van der Waals surface area contributed by atoms with E-state index in [0.29, 0.717) is 5.82 Å². The summed E-state index contributed by atoms with van der Waals surface area (Å²) in [5, 5.41) is 3.51. The average molecular weight is 351 g/mol. The fraction of sp³-hybridized carbons (Fsp3) is 0.500. The summed E-state index contributed by atoms with van der Waals surface area (Å²) >= 11 is 6.60. The predicted octanol–water partition coefficient (Wildman–Crippen LogP) is 2.58. The lowest BCUT2D eigenvalue weighted by atomic mass is 10.3. The van der Waals surface area contributed by atoms with E-state index in [1.807, 2.05) is 13.8 Å². The second kappa shape index (κ2) is 6.30. The molecule has 0 fully saturated rings. The van der Waals surface area contributed by atoms with Crippen molar-refractivity contribution in [2.45, 2.75) is 25.1 Å². The van der Waals surface area contributed by atoms with Crippen LogP contribution in [0.4, 0.5) is 5.82 Å². The maximum absolute atomic E-state index is 11.7. The summed E-state index contributed by atoms with van der Waals surface area (Å²) in [5.74, 6) is 0.426. The van der Waals surface area contributed by atoms with Crippen molar-refractivity contribution in [3.8, 4) is 0 Å². The lowest BCUT2D eigenvalue weighted by molar-refractivity contribution is -0.115. The van der Waals surface area contributed by atoms with Crippen LogP contribution in [0.25, 0.3) is 0 Å². The van der Waals surface area contributed by atoms with Gasteiger partial charge in [-0.15, -0.1) is 0 Å². The number of anilines is 1. The molecule has 6 heteroatoms. The number of carbonyl (C=O) groups is 1. The zero-order chi connectivity index (χ0) is 12.1. The SMILES string of the molecule is Cc1cnc(NC(=O)C(Br)CCBr)c(C)n1. The van der Waals surface area contributed by atoms with E-state index in [9.17, 15) is 4.79 Å². The van der Waals surface area contributed by atoms with Crippen LogP contribution in [-0.2, 0) is 4.79 Å². The minimum Gasteiger partial charge on any atom is -0.308 e. The van der Waals surface area contributed by atoms with Crippen molar-refractivity contribution >= 4 is 43.6 Å². The van der Waals surface area contributed by atoms with Crippen LogP contribution in [0.2, 0.25) is 0 Å². The molecular weight excluding hydrogens is 338 g/mol. The van der Waals surface area contributed by atoms with Crippen LogP contribution in [0.3, 0.4) is 0 Å². The first-order valence-corrected chi connectivity index (χ1v) is 6.89. The molecule has 1 N–H and O–H groups in total. The minimum atomic E-state index is -0.214. The van der Waals surface area contributed by atoms with E-state index in [-0.39, 0.29) is 10.7 Å². The summed E-state index contributed by atoms with van der Waals surface area (Å²) in [6.45, 7) is 3.69. The van der Waals surface area contributed by atoms with Gasteiger partial charge in [0.05, 0.1) is 22.4 Å². The summed E-state index contributed by atoms with van der Waals surface area (Å²) in [4.78, 5) is 19.8. The Labute approximate surface area is 112 Å². The third kappa shape index (κ3) is 3.83. The number of alkyl halides is 2. The zero-order valence-electron chi connectivity index (χ0n) is 9.13. The van der Waals surface area contributed by atoms with Crippen LogP contribution in [0.1, 0.15) is 17.8 Å². The monoisotopic (exact) mass is 349 g/mol. The highest BCUT2D eigenvalue weighted by atomic mass is 79.9. The molecule has 0 saturated heterocycles. The Morgan fingerprint density at radius 2 is 2.25 bits per heavy atom. The fourth-order valence-electron chi connectivity index (χ4n) is 1.14. The Hall–Kier alpha value is -0.490. The molecule has 0 aliphatic rings. The maximum Gasteiger partial charge on any atom is 0.239 e. The number of nitrogens with zero attached hydrogens (tertiary/aromatic N) is 2. The molecule has 0 aliphatic carbocycles. The highest BCUT2D eigenvalue weighted by molar-refractivity contribution is 9.10. The van der Waals surface area contributed by atoms with Gasteiger partial charge in [0.1, 0.15) is 0 Å². The van der Waals surface area contributed by atoms with Crippen LogP contribution in [-0.4, -0.2) is 26.0 Å². The molecule has 1 aromatic rings. The molecule has 4 nitrogen and oxygen atoms in total. The number of rotatable bonds is 4. The molecule has 1 unspecified atom stereocenters. The third-order valence-corrected chi connectivity index (χ3v) is 3.29. The molecule has 1 atom stereocenters. The average Bonchev–Trinajstić information content (AvgIpc) is 2.22. The number of aryl methyl sites for hydroxylation is 2. The van der Waals surface area contributed by atoms with Gasteiger partial charge >= 0.3 is 0 Å². The lowest BCUT2D eigenvalue weighted by Crippen LogP contribution is -2.24. The van der Waals surface area contributed by atoms with Gasteiger partial charge in [-0.3, -0.25) is 9.78 Å². The summed E-state index contributed by atoms with van der Waals surface area (Å²) in [6, 6.07) is 0. The van der Waals surface area contributed by atoms with Crippen LogP contribution in [0.15, 0.2) is 6.20 Å². The highest BCUT2D eigenvalue weighted by Gasteiger charge is 2.15. The normalized spacial score (nSPS) is 12.2. The van der Waals surface area contributed by atoms with Gasteiger partial charge in [0.2, 0.25) is 5.91 Å². The van der Waals surface area contributed by atoms with E-state index < -0.39 is 0 Å². The number of hydrogen-bond acceptors (Lipinski definition) is 3. The first-order valence-electron chi connectivity index (χ1n) is 4.85. The molecule has 0 aliphatic heterocycles. The molecule has 16 heavy (non-hydrogen) atoms. The van der Waals surface area contributed by atoms with Crippen LogP contribution in [0.5, 0.6) is 0 Å². The van der Waals surface area contributed by atoms with Gasteiger partial charge in [-0.2, -0.15) is 0 Å². The molecule has 0 bridgehead atoms. The molecule has 88 valence electrons. The number of halogens is 2. The predicted molar refractivity (Wildman–Crippen MR) is 71.3 cm³/mol. The summed E-state index contributed by atoms with van der Waals surface area (Å²) in [6.07, 6.45) is 2.36. The van der Waals surface area contributed by atoms with E-state index in [0.717, 1.165) is 23.1 Å². The summed E-state index contributed by atoms with van der Waals surface area (Å²) in [7, 11) is 0. The zero-order valence-corrected chi connectivity index (χ0v) is 12.3. The standard InChI is InChI=1S/C10H13Br2N3O/c1-6-5-13-9(7(2)14-6)15-10(16)8(12)3-4-11/h5,8H,3-4H2,1-2H3,(H,13,15,16). The van der Waals surface area contributed by atoms with Crippen LogP contribution < -0.4 is 5.32 Å². The number of carbonyl (C=O) groups excluding carboxylic acids is 1. The van der Waals surface area contributed by atoms with Crippen molar-refractivity contribution in [1.82, 2.24) is 9.97 Å². The Bertz CT molecular complexity index is 384. The molecule has 1 rings (SSSR count). The number of aromatic nitrogens is 2. The molecule has 1 aromatic heterocycles. The van der Waals surface area contributed by atoms with Crippen molar-refractivity contribution < 1.29 is 4.79 Å². The molecule has 0 aromatic carbocycles. The molecule has 0 radical (unpaired) electrons. The number of amides is 1. The van der Waals surface area contributed by atoms with Gasteiger partial charge in [0.25, 0.3) is 0 Å². The van der Waals surface area contributed by atoms with E-state index >= 15 is 0 Å². The smallest absolute Gasteiger partial charge is 0.239 e. The van der Waals surface area contributed by atoms with E-state index in [2.05, 4.69) is 47.1 Å². The Morgan fingerprint density at radius 3 is 2.81 bits per heavy atom. The van der Waals surface area contributed by atoms with Gasteiger partial charge in [-0.1, -0.05) is 31.9 Å². The van der Waals surface area contributed by atoms with E-state index in [1.165, 1.54) is 0 Å². The molecule has 1 heterocycles. The first kappa shape index (κ1) is 13.6. The third-order valence-electron chi connectivity index (χ3n) is 1.96. The van der Waals surface area contributed by atoms with Crippen LogP contribution in [0, 0.1) is 13.8 Å². The largest absolute Gasteiger partial charge is 0.308 e. The van der Waals surface area contributed by atoms with Gasteiger partial charge in [0.15, 0.2) is 5.82 Å². The van der Waals surface area contributed by atoms with Gasteiger partial charge in [-0.25, -0.2) is 4.98 Å². The van der Waals surface area contributed by atoms with Crippen molar-refractivity contribution in [2.24, 2.45) is 0 Å². The fourth-order valence-corrected chi connectivity index (χ4v) is 2.56. The molecular formula is C10H13Br2N3O. The lowest BCUT2D eigenvalue weighted by Gasteiger charge is -2.10. The topological polar surface area (TPSA) is 54.9 Å². The quantitative estimate of drug-likeness (QED) is 0.849. The number of hydrogen-bond donors (Lipinski definition) is 1. The Balaban J connectivity index is 2.69. The molecule has 0 saturated carbocycles. The Kier molecular flexibility index (Phi) is 5.34. The Morgan fingerprint density at radius 1 is 1.56 bits per heavy atom. The van der Waals surface area contributed by atoms with Crippen LogP contribution >= 0.6 is 31.9 Å². The van der Waals surface area contributed by atoms with Crippen molar-refractivity contribution in [2.75, 3.05) is 10.6 Å². The van der Waals surface area contributed by atoms with Gasteiger partial charge in [-0.05, 0) is 20.3 Å². The van der Waals surface area contributed by atoms with Gasteiger partial charge < -0.3 is 5.32 Å². The second-order valence-electron chi connectivity index (χ2n) is 3.38. The highest BCUT2D eigenvalue weighted by Crippen LogP contribution is 2.13. The first-order chi connectivity index (χ1) is 7.54. The van der Waals surface area contributed by atoms with E-state index in [1.54, 1.807) is 6.20 Å². The van der Waals surface area contributed by atoms with Crippen molar-refractivity contribution in [3.63, 3.8) is 0 Å². The number of nitrogens with one attached hydrogen (secondary N) is 1. The van der Waals surface area contributed by atoms with E-state index in [4.69, 9.17) is 0 Å². The summed E-state index contributed by atoms with van der Waals surface area (Å²) < 4.78 is 0. The maximum atomic E-state index is 11.7. The summed E-state index contributed by atoms with van der Waals surface area (Å²) in [5.41, 5.74) is 1.57. The minimum absolute atomic E-state index is 0.0966. The molecule has 0 spiro atoms. The second-order valence-corrected chi connectivity index (χ2v) is 5.28. The van der Waals surface area contributed by atoms with Gasteiger partial charge in [0, 0.05) is 5.33 Å².